The zero-order valence-corrected chi connectivity index (χ0v) is 57.8. The van der Waals surface area contributed by atoms with Crippen molar-refractivity contribution in [1.29, 1.82) is 0 Å². The lowest BCUT2D eigenvalue weighted by Gasteiger charge is -2.25. The number of carbonyl (C=O) groups is 3. The number of likely N-dealkylation sites (N-methyl/N-ethyl adjacent to an activating group) is 1. The van der Waals surface area contributed by atoms with Crippen LogP contribution in [0.2, 0.25) is 0 Å². The van der Waals surface area contributed by atoms with E-state index in [1.807, 2.05) is 21.1 Å². The SMILES string of the molecule is CC/C=C\C/C=C\C/C=C\C/C=C\C/C=C\C/C=C\C/C=C\CCCCCCCCCCCCCC(=O)OC(COC(=O)CCCCCCCCCCCCCCCCC/C=C\C/C=C\C/C=C\C/C=C\C/C=C\CC)COC(OCC[N+](C)(C)C)C(=O)O. The molecule has 0 aliphatic carbocycles. The van der Waals surface area contributed by atoms with Crippen LogP contribution >= 0.6 is 0 Å². The second-order valence-corrected chi connectivity index (χ2v) is 24.8. The van der Waals surface area contributed by atoms with Crippen molar-refractivity contribution in [3.63, 3.8) is 0 Å². The summed E-state index contributed by atoms with van der Waals surface area (Å²) in [6, 6.07) is 0. The molecule has 89 heavy (non-hydrogen) atoms. The quantitative estimate of drug-likeness (QED) is 0.0211. The molecule has 0 aliphatic rings. The molecule has 1 N–H and O–H groups in total. The van der Waals surface area contributed by atoms with Crippen LogP contribution in [0.15, 0.2) is 146 Å². The Labute approximate surface area is 547 Å². The summed E-state index contributed by atoms with van der Waals surface area (Å²) < 4.78 is 23.0. The Balaban J connectivity index is 4.14. The predicted octanol–water partition coefficient (Wildman–Crippen LogP) is 22.7. The topological polar surface area (TPSA) is 108 Å². The Hall–Kier alpha value is -4.83. The third kappa shape index (κ3) is 70.5. The maximum absolute atomic E-state index is 13.0. The first-order chi connectivity index (χ1) is 43.6. The van der Waals surface area contributed by atoms with Crippen LogP contribution < -0.4 is 0 Å². The van der Waals surface area contributed by atoms with Gasteiger partial charge in [0.2, 0.25) is 0 Å². The Morgan fingerprint density at radius 3 is 0.899 bits per heavy atom. The van der Waals surface area contributed by atoms with Crippen molar-refractivity contribution in [2.24, 2.45) is 0 Å². The summed E-state index contributed by atoms with van der Waals surface area (Å²) in [5, 5.41) is 9.76. The van der Waals surface area contributed by atoms with E-state index in [0.717, 1.165) is 122 Å². The monoisotopic (exact) mass is 1240 g/mol. The number of hydrogen-bond donors (Lipinski definition) is 1. The van der Waals surface area contributed by atoms with Gasteiger partial charge in [-0.1, -0.05) is 301 Å². The van der Waals surface area contributed by atoms with Crippen molar-refractivity contribution in [2.45, 2.75) is 296 Å². The smallest absolute Gasteiger partial charge is 0.361 e. The number of allylic oxidation sites excluding steroid dienone is 24. The highest BCUT2D eigenvalue weighted by Crippen LogP contribution is 2.17. The second kappa shape index (κ2) is 69.1. The molecule has 0 spiro atoms. The van der Waals surface area contributed by atoms with Crippen LogP contribution in [0.25, 0.3) is 0 Å². The minimum Gasteiger partial charge on any atom is -0.477 e. The standard InChI is InChI=1S/C80H133NO8/c1-6-8-10-12-14-16-18-20-22-24-26-28-30-32-34-36-38-39-41-43-45-47-49-51-53-55-57-59-61-63-65-67-69-71-78(83)89-76(75-88-80(79(84)85)86-73-72-81(3,4)5)74-87-77(82)70-68-66-64-62-60-58-56-54-52-50-48-46-44-42-40-37-35-33-31-29-27-25-23-21-19-17-15-13-11-9-7-2/h8-11,14-17,20-23,26-29,32-35,38-39,43,45,76,80H,6-7,12-13,18-19,24-25,30-31,36-37,40-42,44,46-75H2,1-5H3/p+1/b10-8-,11-9-,16-14-,17-15-,22-20-,23-21-,28-26-,29-27-,34-32-,35-33-,39-38-,45-43-. The summed E-state index contributed by atoms with van der Waals surface area (Å²) in [6.07, 6.45) is 98.1. The van der Waals surface area contributed by atoms with Gasteiger partial charge in [-0.25, -0.2) is 4.79 Å². The van der Waals surface area contributed by atoms with E-state index >= 15 is 0 Å². The fourth-order valence-corrected chi connectivity index (χ4v) is 9.67. The number of esters is 2. The largest absolute Gasteiger partial charge is 0.477 e. The maximum Gasteiger partial charge on any atom is 0.361 e. The normalized spacial score (nSPS) is 13.6. The minimum absolute atomic E-state index is 0.181. The molecule has 0 heterocycles. The van der Waals surface area contributed by atoms with E-state index in [9.17, 15) is 19.5 Å². The average molecular weight is 1240 g/mol. The zero-order chi connectivity index (χ0) is 64.7. The van der Waals surface area contributed by atoms with Gasteiger partial charge in [0.1, 0.15) is 13.2 Å². The molecule has 0 aromatic carbocycles. The number of hydrogen-bond acceptors (Lipinski definition) is 7. The number of ether oxygens (including phenoxy) is 4. The molecule has 0 radical (unpaired) electrons. The molecule has 0 saturated carbocycles. The maximum atomic E-state index is 13.0. The van der Waals surface area contributed by atoms with Gasteiger partial charge >= 0.3 is 17.9 Å². The summed E-state index contributed by atoms with van der Waals surface area (Å²) in [4.78, 5) is 37.7. The van der Waals surface area contributed by atoms with Crippen molar-refractivity contribution in [2.75, 3.05) is 47.5 Å². The third-order valence-corrected chi connectivity index (χ3v) is 15.1. The van der Waals surface area contributed by atoms with Crippen molar-refractivity contribution in [3.8, 4) is 0 Å². The molecule has 0 aromatic rings. The summed E-state index contributed by atoms with van der Waals surface area (Å²) in [5.74, 6) is -2.01. The van der Waals surface area contributed by atoms with Crippen LogP contribution in [0.5, 0.6) is 0 Å². The summed E-state index contributed by atoms with van der Waals surface area (Å²) in [7, 11) is 5.97. The number of unbranched alkanes of at least 4 members (excludes halogenated alkanes) is 26. The molecule has 9 heteroatoms. The van der Waals surface area contributed by atoms with Crippen LogP contribution in [0.4, 0.5) is 0 Å². The summed E-state index contributed by atoms with van der Waals surface area (Å²) in [5.41, 5.74) is 0. The number of nitrogens with zero attached hydrogens (tertiary/aromatic N) is 1. The lowest BCUT2D eigenvalue weighted by Crippen LogP contribution is -2.40. The Kier molecular flexibility index (Phi) is 65.3. The van der Waals surface area contributed by atoms with Crippen molar-refractivity contribution >= 4 is 17.9 Å². The van der Waals surface area contributed by atoms with Gasteiger partial charge in [0.05, 0.1) is 34.4 Å². The van der Waals surface area contributed by atoms with Crippen molar-refractivity contribution in [3.05, 3.63) is 146 Å². The van der Waals surface area contributed by atoms with Crippen LogP contribution in [0, 0.1) is 0 Å². The van der Waals surface area contributed by atoms with Gasteiger partial charge in [-0.2, -0.15) is 0 Å². The number of carbonyl (C=O) groups excluding carboxylic acids is 2. The number of rotatable bonds is 65. The molecule has 2 unspecified atom stereocenters. The molecular weight excluding hydrogens is 1100 g/mol. The van der Waals surface area contributed by atoms with Gasteiger partial charge in [0.15, 0.2) is 6.10 Å². The van der Waals surface area contributed by atoms with Crippen molar-refractivity contribution < 1.29 is 42.9 Å². The highest BCUT2D eigenvalue weighted by molar-refractivity contribution is 5.71. The van der Waals surface area contributed by atoms with Crippen LogP contribution in [0.3, 0.4) is 0 Å². The van der Waals surface area contributed by atoms with E-state index in [0.29, 0.717) is 23.9 Å². The molecule has 9 nitrogen and oxygen atoms in total. The fourth-order valence-electron chi connectivity index (χ4n) is 9.67. The van der Waals surface area contributed by atoms with Gasteiger partial charge in [-0.15, -0.1) is 0 Å². The number of quaternary nitrogens is 1. The molecule has 0 amide bonds. The molecule has 0 rings (SSSR count). The van der Waals surface area contributed by atoms with E-state index in [4.69, 9.17) is 18.9 Å². The lowest BCUT2D eigenvalue weighted by atomic mass is 10.0. The Morgan fingerprint density at radius 1 is 0.337 bits per heavy atom. The first kappa shape index (κ1) is 84.2. The van der Waals surface area contributed by atoms with Crippen LogP contribution in [-0.2, 0) is 33.3 Å². The molecule has 0 aromatic heterocycles. The van der Waals surface area contributed by atoms with E-state index < -0.39 is 24.3 Å². The first-order valence-electron chi connectivity index (χ1n) is 36.0. The molecule has 0 saturated heterocycles. The predicted molar refractivity (Wildman–Crippen MR) is 382 cm³/mol. The first-order valence-corrected chi connectivity index (χ1v) is 36.0. The fraction of sp³-hybridized carbons (Fsp3) is 0.662. The number of carboxylic acids is 1. The van der Waals surface area contributed by atoms with Crippen molar-refractivity contribution in [1.82, 2.24) is 0 Å². The highest BCUT2D eigenvalue weighted by Gasteiger charge is 2.25. The molecule has 0 aliphatic heterocycles. The molecule has 0 fully saturated rings. The lowest BCUT2D eigenvalue weighted by molar-refractivity contribution is -0.870. The molecule has 2 atom stereocenters. The van der Waals surface area contributed by atoms with Gasteiger partial charge in [-0.05, 0) is 116 Å². The number of aliphatic carboxylic acids is 1. The summed E-state index contributed by atoms with van der Waals surface area (Å²) >= 11 is 0. The third-order valence-electron chi connectivity index (χ3n) is 15.1. The Bertz CT molecular complexity index is 1970. The van der Waals surface area contributed by atoms with Gasteiger partial charge in [-0.3, -0.25) is 9.59 Å². The van der Waals surface area contributed by atoms with Gasteiger partial charge in [0, 0.05) is 12.8 Å². The highest BCUT2D eigenvalue weighted by atomic mass is 16.7. The van der Waals surface area contributed by atoms with Gasteiger partial charge in [0.25, 0.3) is 6.29 Å². The summed E-state index contributed by atoms with van der Waals surface area (Å²) in [6.45, 7) is 4.65. The molecule has 506 valence electrons. The van der Waals surface area contributed by atoms with E-state index in [1.54, 1.807) is 0 Å². The van der Waals surface area contributed by atoms with E-state index in [-0.39, 0.29) is 32.2 Å². The van der Waals surface area contributed by atoms with Crippen LogP contribution in [-0.4, -0.2) is 87.4 Å². The average Bonchev–Trinajstić information content (AvgIpc) is 3.64. The second-order valence-electron chi connectivity index (χ2n) is 24.8. The minimum atomic E-state index is -1.52. The van der Waals surface area contributed by atoms with E-state index in [2.05, 4.69) is 160 Å². The molecular formula is C80H134NO8+. The van der Waals surface area contributed by atoms with E-state index in [1.165, 1.54) is 128 Å². The van der Waals surface area contributed by atoms with Crippen LogP contribution in [0.1, 0.15) is 284 Å². The zero-order valence-electron chi connectivity index (χ0n) is 57.8. The Morgan fingerprint density at radius 2 is 0.607 bits per heavy atom. The van der Waals surface area contributed by atoms with Gasteiger partial charge < -0.3 is 28.5 Å². The molecule has 0 bridgehead atoms. The number of carboxylic acid groups (broad SMARTS) is 1.